The van der Waals surface area contributed by atoms with Crippen LogP contribution in [0.25, 0.3) is 0 Å². The van der Waals surface area contributed by atoms with Gasteiger partial charge in [0.25, 0.3) is 0 Å². The molecule has 3 aliphatic rings. The Labute approximate surface area is 111 Å². The Morgan fingerprint density at radius 1 is 1.37 bits per heavy atom. The molecule has 3 fully saturated rings. The monoisotopic (exact) mass is 263 g/mol. The van der Waals surface area contributed by atoms with Crippen LogP contribution >= 0.6 is 0 Å². The summed E-state index contributed by atoms with van der Waals surface area (Å²) >= 11 is 0. The zero-order chi connectivity index (χ0) is 13.5. The molecule has 1 unspecified atom stereocenters. The molecule has 3 saturated heterocycles. The van der Waals surface area contributed by atoms with Crippen molar-refractivity contribution in [2.75, 3.05) is 25.0 Å². The Bertz CT molecular complexity index is 499. The SMILES string of the molecule is NC(=O)C1(Nc2ccccc2F)CN2CCC1CC2. The van der Waals surface area contributed by atoms with Crippen LogP contribution in [-0.4, -0.2) is 36.0 Å². The van der Waals surface area contributed by atoms with Crippen molar-refractivity contribution in [2.45, 2.75) is 18.4 Å². The van der Waals surface area contributed by atoms with Gasteiger partial charge in [-0.25, -0.2) is 4.39 Å². The number of carbonyl (C=O) groups is 1. The Hall–Kier alpha value is -1.62. The molecule has 1 atom stereocenters. The third kappa shape index (κ3) is 1.98. The van der Waals surface area contributed by atoms with Gasteiger partial charge in [0.2, 0.25) is 5.91 Å². The van der Waals surface area contributed by atoms with Crippen molar-refractivity contribution in [2.24, 2.45) is 11.7 Å². The lowest BCUT2D eigenvalue weighted by Crippen LogP contribution is -2.68. The summed E-state index contributed by atoms with van der Waals surface area (Å²) in [5, 5.41) is 3.10. The summed E-state index contributed by atoms with van der Waals surface area (Å²) in [6.45, 7) is 2.57. The van der Waals surface area contributed by atoms with Crippen molar-refractivity contribution < 1.29 is 9.18 Å². The normalized spacial score (nSPS) is 33.1. The molecule has 1 amide bonds. The van der Waals surface area contributed by atoms with E-state index >= 15 is 0 Å². The van der Waals surface area contributed by atoms with Gasteiger partial charge in [0, 0.05) is 6.54 Å². The maximum Gasteiger partial charge on any atom is 0.244 e. The Morgan fingerprint density at radius 2 is 2.05 bits per heavy atom. The number of para-hydroxylation sites is 1. The molecule has 0 aliphatic carbocycles. The standard InChI is InChI=1S/C14H18FN3O/c15-11-3-1-2-4-12(11)17-14(13(16)19)9-18-7-5-10(14)6-8-18/h1-4,10,17H,5-9H2,(H2,16,19). The summed E-state index contributed by atoms with van der Waals surface area (Å²) in [5.74, 6) is -0.542. The molecule has 5 heteroatoms. The lowest BCUT2D eigenvalue weighted by Gasteiger charge is -2.52. The van der Waals surface area contributed by atoms with Gasteiger partial charge in [-0.05, 0) is 44.0 Å². The molecular weight excluding hydrogens is 245 g/mol. The first kappa shape index (κ1) is 12.4. The molecule has 2 bridgehead atoms. The second kappa shape index (κ2) is 4.49. The highest BCUT2D eigenvalue weighted by Crippen LogP contribution is 2.38. The highest BCUT2D eigenvalue weighted by molar-refractivity contribution is 5.89. The predicted octanol–water partition coefficient (Wildman–Crippen LogP) is 1.19. The number of fused-ring (bicyclic) bond motifs is 3. The van der Waals surface area contributed by atoms with Crippen LogP contribution in [0.5, 0.6) is 0 Å². The van der Waals surface area contributed by atoms with E-state index in [0.29, 0.717) is 12.2 Å². The fourth-order valence-electron chi connectivity index (χ4n) is 3.35. The third-order valence-electron chi connectivity index (χ3n) is 4.43. The van der Waals surface area contributed by atoms with Gasteiger partial charge in [-0.15, -0.1) is 0 Å². The minimum atomic E-state index is -0.835. The first-order chi connectivity index (χ1) is 9.12. The zero-order valence-corrected chi connectivity index (χ0v) is 10.7. The van der Waals surface area contributed by atoms with Crippen LogP contribution < -0.4 is 11.1 Å². The molecule has 3 heterocycles. The lowest BCUT2D eigenvalue weighted by atomic mass is 9.72. The average Bonchev–Trinajstić information content (AvgIpc) is 2.42. The molecule has 1 aromatic carbocycles. The molecule has 1 aromatic rings. The van der Waals surface area contributed by atoms with Gasteiger partial charge < -0.3 is 16.0 Å². The largest absolute Gasteiger partial charge is 0.368 e. The van der Waals surface area contributed by atoms with E-state index in [1.165, 1.54) is 6.07 Å². The number of hydrogen-bond donors (Lipinski definition) is 2. The molecule has 0 spiro atoms. The topological polar surface area (TPSA) is 58.4 Å². The second-order valence-electron chi connectivity index (χ2n) is 5.49. The van der Waals surface area contributed by atoms with Crippen molar-refractivity contribution in [1.82, 2.24) is 4.90 Å². The molecule has 4 nitrogen and oxygen atoms in total. The van der Waals surface area contributed by atoms with Crippen LogP contribution in [0.15, 0.2) is 24.3 Å². The molecule has 0 radical (unpaired) electrons. The number of halogens is 1. The number of nitrogens with zero attached hydrogens (tertiary/aromatic N) is 1. The molecule has 0 aromatic heterocycles. The molecule has 3 N–H and O–H groups in total. The number of nitrogens with two attached hydrogens (primary N) is 1. The van der Waals surface area contributed by atoms with Crippen LogP contribution in [-0.2, 0) is 4.79 Å². The number of benzene rings is 1. The number of rotatable bonds is 3. The quantitative estimate of drug-likeness (QED) is 0.861. The number of hydrogen-bond acceptors (Lipinski definition) is 3. The van der Waals surface area contributed by atoms with Crippen LogP contribution in [0, 0.1) is 11.7 Å². The van der Waals surface area contributed by atoms with Gasteiger partial charge in [-0.3, -0.25) is 4.79 Å². The summed E-state index contributed by atoms with van der Waals surface area (Å²) in [5.41, 5.74) is 5.16. The van der Waals surface area contributed by atoms with Crippen molar-refractivity contribution in [3.05, 3.63) is 30.1 Å². The Morgan fingerprint density at radius 3 is 2.58 bits per heavy atom. The lowest BCUT2D eigenvalue weighted by molar-refractivity contribution is -0.128. The molecule has 102 valence electrons. The number of anilines is 1. The number of nitrogens with one attached hydrogen (secondary N) is 1. The summed E-state index contributed by atoms with van der Waals surface area (Å²) < 4.78 is 13.8. The smallest absolute Gasteiger partial charge is 0.244 e. The van der Waals surface area contributed by atoms with E-state index in [9.17, 15) is 9.18 Å². The second-order valence-corrected chi connectivity index (χ2v) is 5.49. The third-order valence-corrected chi connectivity index (χ3v) is 4.43. The maximum absolute atomic E-state index is 13.8. The highest BCUT2D eigenvalue weighted by atomic mass is 19.1. The van der Waals surface area contributed by atoms with Gasteiger partial charge in [-0.1, -0.05) is 12.1 Å². The van der Waals surface area contributed by atoms with E-state index in [2.05, 4.69) is 10.2 Å². The Balaban J connectivity index is 1.94. The van der Waals surface area contributed by atoms with Crippen LogP contribution in [0.1, 0.15) is 12.8 Å². The molecule has 4 rings (SSSR count). The van der Waals surface area contributed by atoms with Crippen molar-refractivity contribution >= 4 is 11.6 Å². The fourth-order valence-corrected chi connectivity index (χ4v) is 3.35. The molecule has 19 heavy (non-hydrogen) atoms. The van der Waals surface area contributed by atoms with E-state index in [-0.39, 0.29) is 17.6 Å². The van der Waals surface area contributed by atoms with Gasteiger partial charge in [0.15, 0.2) is 0 Å². The first-order valence-corrected chi connectivity index (χ1v) is 6.67. The van der Waals surface area contributed by atoms with Gasteiger partial charge in [0.05, 0.1) is 5.69 Å². The van der Waals surface area contributed by atoms with Crippen molar-refractivity contribution in [1.29, 1.82) is 0 Å². The molecule has 3 aliphatic heterocycles. The van der Waals surface area contributed by atoms with Crippen LogP contribution in [0.4, 0.5) is 10.1 Å². The molecular formula is C14H18FN3O. The van der Waals surface area contributed by atoms with E-state index in [1.54, 1.807) is 18.2 Å². The van der Waals surface area contributed by atoms with E-state index in [0.717, 1.165) is 25.9 Å². The average molecular weight is 263 g/mol. The van der Waals surface area contributed by atoms with Crippen LogP contribution in [0.2, 0.25) is 0 Å². The number of carbonyl (C=O) groups excluding carboxylic acids is 1. The maximum atomic E-state index is 13.8. The predicted molar refractivity (Wildman–Crippen MR) is 71.1 cm³/mol. The van der Waals surface area contributed by atoms with E-state index in [4.69, 9.17) is 5.73 Å². The van der Waals surface area contributed by atoms with Crippen molar-refractivity contribution in [3.8, 4) is 0 Å². The molecule has 0 saturated carbocycles. The fraction of sp³-hybridized carbons (Fsp3) is 0.500. The number of amides is 1. The zero-order valence-electron chi connectivity index (χ0n) is 10.7. The highest BCUT2D eigenvalue weighted by Gasteiger charge is 2.51. The van der Waals surface area contributed by atoms with Gasteiger partial charge >= 0.3 is 0 Å². The van der Waals surface area contributed by atoms with Crippen molar-refractivity contribution in [3.63, 3.8) is 0 Å². The van der Waals surface area contributed by atoms with E-state index < -0.39 is 5.54 Å². The van der Waals surface area contributed by atoms with E-state index in [1.807, 2.05) is 0 Å². The minimum absolute atomic E-state index is 0.189. The van der Waals surface area contributed by atoms with Gasteiger partial charge in [0.1, 0.15) is 11.4 Å². The minimum Gasteiger partial charge on any atom is -0.368 e. The number of primary amides is 1. The first-order valence-electron chi connectivity index (χ1n) is 6.67. The summed E-state index contributed by atoms with van der Waals surface area (Å²) in [7, 11) is 0. The summed E-state index contributed by atoms with van der Waals surface area (Å²) in [6.07, 6.45) is 1.87. The summed E-state index contributed by atoms with van der Waals surface area (Å²) in [6, 6.07) is 6.42. The summed E-state index contributed by atoms with van der Waals surface area (Å²) in [4.78, 5) is 14.2. The van der Waals surface area contributed by atoms with Crippen LogP contribution in [0.3, 0.4) is 0 Å². The Kier molecular flexibility index (Phi) is 2.93. The number of piperidine rings is 3. The van der Waals surface area contributed by atoms with Gasteiger partial charge in [-0.2, -0.15) is 0 Å².